The van der Waals surface area contributed by atoms with E-state index in [2.05, 4.69) is 16.9 Å². The molecule has 0 bridgehead atoms. The fourth-order valence-electron chi connectivity index (χ4n) is 1.97. The molecule has 1 heterocycles. The van der Waals surface area contributed by atoms with Gasteiger partial charge in [-0.1, -0.05) is 43.7 Å². The van der Waals surface area contributed by atoms with E-state index in [-0.39, 0.29) is 5.16 Å². The molecule has 0 fully saturated rings. The van der Waals surface area contributed by atoms with Gasteiger partial charge in [-0.15, -0.1) is 4.98 Å². The first-order chi connectivity index (χ1) is 9.74. The summed E-state index contributed by atoms with van der Waals surface area (Å²) in [6.07, 6.45) is 1.83. The van der Waals surface area contributed by atoms with Gasteiger partial charge in [0.25, 0.3) is 0 Å². The van der Waals surface area contributed by atoms with Gasteiger partial charge in [-0.05, 0) is 18.9 Å². The Hall–Kier alpha value is -1.88. The predicted molar refractivity (Wildman–Crippen MR) is 77.9 cm³/mol. The third-order valence-corrected chi connectivity index (χ3v) is 3.28. The van der Waals surface area contributed by atoms with E-state index >= 15 is 0 Å². The van der Waals surface area contributed by atoms with E-state index in [4.69, 9.17) is 4.74 Å². The summed E-state index contributed by atoms with van der Waals surface area (Å²) in [4.78, 5) is 8.39. The van der Waals surface area contributed by atoms with E-state index in [9.17, 15) is 4.21 Å². The molecule has 2 aromatic rings. The van der Waals surface area contributed by atoms with Gasteiger partial charge in [0.2, 0.25) is 5.88 Å². The van der Waals surface area contributed by atoms with E-state index < -0.39 is 0 Å². The van der Waals surface area contributed by atoms with Crippen molar-refractivity contribution in [2.75, 3.05) is 0 Å². The second-order valence-electron chi connectivity index (χ2n) is 4.48. The quantitative estimate of drug-likeness (QED) is 0.605. The highest BCUT2D eigenvalue weighted by Crippen LogP contribution is 2.21. The van der Waals surface area contributed by atoms with Crippen molar-refractivity contribution in [1.29, 1.82) is 0 Å². The highest BCUT2D eigenvalue weighted by atomic mass is 32.1. The van der Waals surface area contributed by atoms with Crippen molar-refractivity contribution in [2.45, 2.75) is 38.5 Å². The molecule has 0 aliphatic rings. The zero-order valence-electron chi connectivity index (χ0n) is 11.6. The number of aromatic nitrogens is 2. The zero-order valence-corrected chi connectivity index (χ0v) is 12.4. The maximum absolute atomic E-state index is 10.9. The van der Waals surface area contributed by atoms with Crippen molar-refractivity contribution in [1.82, 2.24) is 9.97 Å². The van der Waals surface area contributed by atoms with Gasteiger partial charge < -0.3 is 4.74 Å². The number of hydrogen-bond acceptors (Lipinski definition) is 4. The first-order valence-electron chi connectivity index (χ1n) is 6.58. The Morgan fingerprint density at radius 1 is 1.20 bits per heavy atom. The molecule has 0 atom stereocenters. The molecule has 0 spiro atoms. The first kappa shape index (κ1) is 14.5. The molecule has 104 valence electrons. The van der Waals surface area contributed by atoms with Crippen LogP contribution in [0.25, 0.3) is 0 Å². The van der Waals surface area contributed by atoms with Crippen LogP contribution in [-0.4, -0.2) is 9.97 Å². The van der Waals surface area contributed by atoms with Gasteiger partial charge in [-0.2, -0.15) is 4.98 Å². The predicted octanol–water partition coefficient (Wildman–Crippen LogP) is 3.10. The van der Waals surface area contributed by atoms with Gasteiger partial charge in [0.1, 0.15) is 6.61 Å². The van der Waals surface area contributed by atoms with Crippen LogP contribution in [0.15, 0.2) is 35.5 Å². The standard InChI is InChI=1S/C15H17N2O2S/c1-3-7-13-11(2)16-15(20-18)17-14(13)19-10-12-8-5-4-6-9-12/h4-6,8-9H,3,7,10H2,1-2H3/q+1. The SMILES string of the molecule is CCCc1c(C)nc([S+]=O)nc1OCc1ccccc1. The van der Waals surface area contributed by atoms with Crippen LogP contribution in [0.1, 0.15) is 30.2 Å². The smallest absolute Gasteiger partial charge is 0.472 e. The van der Waals surface area contributed by atoms with Crippen molar-refractivity contribution in [3.05, 3.63) is 47.2 Å². The summed E-state index contributed by atoms with van der Waals surface area (Å²) in [5.74, 6) is 0.529. The largest absolute Gasteiger partial charge is 0.550 e. The summed E-state index contributed by atoms with van der Waals surface area (Å²) < 4.78 is 16.7. The lowest BCUT2D eigenvalue weighted by atomic mass is 10.1. The molecular formula is C15H17N2O2S+. The number of benzene rings is 1. The lowest BCUT2D eigenvalue weighted by Crippen LogP contribution is -2.06. The van der Waals surface area contributed by atoms with Crippen LogP contribution in [-0.2, 0) is 28.9 Å². The van der Waals surface area contributed by atoms with E-state index in [1.807, 2.05) is 37.3 Å². The van der Waals surface area contributed by atoms with Crippen LogP contribution in [0.2, 0.25) is 0 Å². The van der Waals surface area contributed by atoms with E-state index in [0.717, 1.165) is 29.7 Å². The van der Waals surface area contributed by atoms with E-state index in [1.54, 1.807) is 0 Å². The number of nitrogens with zero attached hydrogens (tertiary/aromatic N) is 2. The third kappa shape index (κ3) is 3.57. The van der Waals surface area contributed by atoms with Gasteiger partial charge in [0.05, 0.1) is 5.69 Å². The molecule has 4 nitrogen and oxygen atoms in total. The average Bonchev–Trinajstić information content (AvgIpc) is 2.48. The molecular weight excluding hydrogens is 272 g/mol. The summed E-state index contributed by atoms with van der Waals surface area (Å²) in [7, 11) is 0. The van der Waals surface area contributed by atoms with Crippen molar-refractivity contribution in [2.24, 2.45) is 0 Å². The van der Waals surface area contributed by atoms with Crippen LogP contribution in [0.5, 0.6) is 5.88 Å². The van der Waals surface area contributed by atoms with Gasteiger partial charge in [0, 0.05) is 9.77 Å². The summed E-state index contributed by atoms with van der Waals surface area (Å²) in [6.45, 7) is 4.43. The van der Waals surface area contributed by atoms with E-state index in [0.29, 0.717) is 24.2 Å². The van der Waals surface area contributed by atoms with Gasteiger partial charge in [-0.3, -0.25) is 0 Å². The lowest BCUT2D eigenvalue weighted by molar-refractivity contribution is 0.286. The molecule has 0 radical (unpaired) electrons. The highest BCUT2D eigenvalue weighted by molar-refractivity contribution is 7.65. The molecule has 1 aromatic carbocycles. The summed E-state index contributed by atoms with van der Waals surface area (Å²) in [5.41, 5.74) is 2.88. The van der Waals surface area contributed by atoms with Crippen LogP contribution in [0, 0.1) is 6.92 Å². The molecule has 0 N–H and O–H groups in total. The lowest BCUT2D eigenvalue weighted by Gasteiger charge is -2.10. The van der Waals surface area contributed by atoms with Crippen LogP contribution in [0.4, 0.5) is 0 Å². The molecule has 0 saturated carbocycles. The first-order valence-corrected chi connectivity index (χ1v) is 7.32. The average molecular weight is 289 g/mol. The minimum absolute atomic E-state index is 0.213. The zero-order chi connectivity index (χ0) is 14.4. The molecule has 1 aromatic heterocycles. The Kier molecular flexibility index (Phi) is 5.12. The maximum atomic E-state index is 10.9. The number of ether oxygens (including phenoxy) is 1. The van der Waals surface area contributed by atoms with Crippen LogP contribution >= 0.6 is 0 Å². The van der Waals surface area contributed by atoms with Gasteiger partial charge in [-0.25, -0.2) is 0 Å². The minimum Gasteiger partial charge on any atom is -0.472 e. The van der Waals surface area contributed by atoms with Gasteiger partial charge >= 0.3 is 16.8 Å². The topological polar surface area (TPSA) is 52.1 Å². The third-order valence-electron chi connectivity index (χ3n) is 2.95. The second-order valence-corrected chi connectivity index (χ2v) is 5.01. The molecule has 0 aliphatic heterocycles. The Bertz CT molecular complexity index is 588. The second kappa shape index (κ2) is 7.05. The fraction of sp³-hybridized carbons (Fsp3) is 0.333. The molecule has 0 saturated heterocycles. The molecule has 20 heavy (non-hydrogen) atoms. The molecule has 0 unspecified atom stereocenters. The normalized spacial score (nSPS) is 10.3. The van der Waals surface area contributed by atoms with Crippen molar-refractivity contribution in [3.63, 3.8) is 0 Å². The van der Waals surface area contributed by atoms with E-state index in [1.165, 1.54) is 0 Å². The monoisotopic (exact) mass is 289 g/mol. The van der Waals surface area contributed by atoms with Crippen LogP contribution < -0.4 is 4.74 Å². The minimum atomic E-state index is 0.213. The Morgan fingerprint density at radius 2 is 1.95 bits per heavy atom. The molecule has 0 amide bonds. The Morgan fingerprint density at radius 3 is 2.60 bits per heavy atom. The van der Waals surface area contributed by atoms with Crippen molar-refractivity contribution < 1.29 is 8.95 Å². The summed E-state index contributed by atoms with van der Waals surface area (Å²) >= 11 is 0.293. The van der Waals surface area contributed by atoms with Crippen LogP contribution in [0.3, 0.4) is 0 Å². The molecule has 0 aliphatic carbocycles. The Balaban J connectivity index is 2.24. The van der Waals surface area contributed by atoms with Crippen molar-refractivity contribution in [3.8, 4) is 5.88 Å². The molecule has 2 rings (SSSR count). The number of hydrogen-bond donors (Lipinski definition) is 0. The summed E-state index contributed by atoms with van der Waals surface area (Å²) in [5, 5.41) is 0.213. The van der Waals surface area contributed by atoms with Crippen molar-refractivity contribution >= 4 is 11.7 Å². The fourth-order valence-corrected chi connectivity index (χ4v) is 2.26. The number of rotatable bonds is 6. The Labute approximate surface area is 122 Å². The van der Waals surface area contributed by atoms with Gasteiger partial charge in [0.15, 0.2) is 0 Å². The highest BCUT2D eigenvalue weighted by Gasteiger charge is 2.19. The number of aryl methyl sites for hydroxylation is 1. The molecule has 5 heteroatoms. The summed E-state index contributed by atoms with van der Waals surface area (Å²) in [6, 6.07) is 9.90. The maximum Gasteiger partial charge on any atom is 0.550 e.